The number of rotatable bonds is 10. The Bertz CT molecular complexity index is 491. The van der Waals surface area contributed by atoms with Crippen LogP contribution in [-0.2, 0) is 15.6 Å². The molecular formula is C13H21NO4S2. The van der Waals surface area contributed by atoms with Crippen molar-refractivity contribution in [3.8, 4) is 5.75 Å². The van der Waals surface area contributed by atoms with Gasteiger partial charge in [-0.05, 0) is 54.3 Å². The van der Waals surface area contributed by atoms with Gasteiger partial charge in [0.05, 0.1) is 7.11 Å². The zero-order valence-corrected chi connectivity index (χ0v) is 13.2. The summed E-state index contributed by atoms with van der Waals surface area (Å²) in [6.07, 6.45) is 3.08. The predicted molar refractivity (Wildman–Crippen MR) is 82.8 cm³/mol. The van der Waals surface area contributed by atoms with Crippen LogP contribution in [0.15, 0.2) is 24.3 Å². The lowest BCUT2D eigenvalue weighted by Gasteiger charge is -2.05. The molecule has 0 aliphatic rings. The first kappa shape index (κ1) is 17.3. The van der Waals surface area contributed by atoms with E-state index in [1.165, 1.54) is 5.56 Å². The van der Waals surface area contributed by atoms with Crippen LogP contribution in [0, 0.1) is 0 Å². The van der Waals surface area contributed by atoms with Gasteiger partial charge in [0.25, 0.3) is 0 Å². The van der Waals surface area contributed by atoms with E-state index in [1.807, 2.05) is 18.2 Å². The van der Waals surface area contributed by atoms with Gasteiger partial charge in [0.15, 0.2) is 0 Å². The molecule has 0 aliphatic carbocycles. The molecule has 1 aromatic rings. The lowest BCUT2D eigenvalue weighted by molar-refractivity contribution is 0.414. The minimum Gasteiger partial charge on any atom is -0.497 e. The van der Waals surface area contributed by atoms with Gasteiger partial charge in [0, 0.05) is 12.3 Å². The minimum absolute atomic E-state index is 0.356. The molecular weight excluding hydrogens is 298 g/mol. The summed E-state index contributed by atoms with van der Waals surface area (Å²) in [5.41, 5.74) is 1.26. The maximum atomic E-state index is 10.5. The van der Waals surface area contributed by atoms with Gasteiger partial charge in [-0.3, -0.25) is 4.55 Å². The van der Waals surface area contributed by atoms with Crippen LogP contribution in [0.3, 0.4) is 0 Å². The van der Waals surface area contributed by atoms with Crippen molar-refractivity contribution in [3.05, 3.63) is 29.8 Å². The second-order valence-corrected chi connectivity index (χ2v) is 7.78. The summed E-state index contributed by atoms with van der Waals surface area (Å²) < 4.78 is 34.6. The summed E-state index contributed by atoms with van der Waals surface area (Å²) in [7, 11) is -1.69. The van der Waals surface area contributed by atoms with E-state index >= 15 is 0 Å². The highest BCUT2D eigenvalue weighted by molar-refractivity contribution is 8.69. The minimum atomic E-state index is -3.90. The largest absolute Gasteiger partial charge is 0.497 e. The zero-order valence-electron chi connectivity index (χ0n) is 11.5. The van der Waals surface area contributed by atoms with Crippen LogP contribution in [0.1, 0.15) is 18.4 Å². The maximum Gasteiger partial charge on any atom is 0.319 e. The quantitative estimate of drug-likeness (QED) is 0.391. The number of unbranched alkanes of at least 4 members (excludes halogenated alkanes) is 1. The Balaban J connectivity index is 2.04. The van der Waals surface area contributed by atoms with Crippen molar-refractivity contribution in [2.75, 3.05) is 26.0 Å². The van der Waals surface area contributed by atoms with Crippen LogP contribution < -0.4 is 10.1 Å². The van der Waals surface area contributed by atoms with E-state index < -0.39 is 9.15 Å². The smallest absolute Gasteiger partial charge is 0.319 e. The van der Waals surface area contributed by atoms with E-state index in [1.54, 1.807) is 7.11 Å². The highest BCUT2D eigenvalue weighted by atomic mass is 33.1. The van der Waals surface area contributed by atoms with Crippen molar-refractivity contribution in [1.82, 2.24) is 5.32 Å². The SMILES string of the molecule is COc1cccc(CCCCNCCSS(=O)(=O)O)c1. The summed E-state index contributed by atoms with van der Waals surface area (Å²) in [5, 5.41) is 3.15. The molecule has 0 aliphatic heterocycles. The standard InChI is InChI=1S/C13H21NO4S2/c1-18-13-7-4-6-12(11-13)5-2-3-8-14-9-10-19-20(15,16)17/h4,6-7,11,14H,2-3,5,8-10H2,1H3,(H,15,16,17). The fourth-order valence-electron chi connectivity index (χ4n) is 1.75. The molecule has 114 valence electrons. The Morgan fingerprint density at radius 3 is 2.80 bits per heavy atom. The van der Waals surface area contributed by atoms with Crippen molar-refractivity contribution < 1.29 is 17.7 Å². The van der Waals surface area contributed by atoms with Crippen LogP contribution in [0.5, 0.6) is 5.75 Å². The number of ether oxygens (including phenoxy) is 1. The van der Waals surface area contributed by atoms with Crippen molar-refractivity contribution in [2.45, 2.75) is 19.3 Å². The second kappa shape index (κ2) is 9.23. The molecule has 0 amide bonds. The van der Waals surface area contributed by atoms with Crippen molar-refractivity contribution in [2.24, 2.45) is 0 Å². The Hall–Kier alpha value is -0.760. The number of hydrogen-bond donors (Lipinski definition) is 2. The molecule has 0 atom stereocenters. The van der Waals surface area contributed by atoms with Crippen LogP contribution >= 0.6 is 10.8 Å². The van der Waals surface area contributed by atoms with Gasteiger partial charge in [0.2, 0.25) is 0 Å². The topological polar surface area (TPSA) is 75.6 Å². The monoisotopic (exact) mass is 319 g/mol. The summed E-state index contributed by atoms with van der Waals surface area (Å²) in [6.45, 7) is 1.42. The average Bonchev–Trinajstić information content (AvgIpc) is 2.41. The first-order valence-electron chi connectivity index (χ1n) is 6.47. The molecule has 1 aromatic carbocycles. The molecule has 0 bridgehead atoms. The molecule has 0 unspecified atom stereocenters. The van der Waals surface area contributed by atoms with Crippen LogP contribution in [0.2, 0.25) is 0 Å². The van der Waals surface area contributed by atoms with Crippen LogP contribution in [0.4, 0.5) is 0 Å². The number of hydrogen-bond acceptors (Lipinski definition) is 5. The van der Waals surface area contributed by atoms with E-state index in [0.717, 1.165) is 31.6 Å². The number of benzene rings is 1. The highest BCUT2D eigenvalue weighted by Crippen LogP contribution is 2.14. The van der Waals surface area contributed by atoms with Crippen LogP contribution in [0.25, 0.3) is 0 Å². The molecule has 0 heterocycles. The first-order chi connectivity index (χ1) is 9.51. The third kappa shape index (κ3) is 8.42. The second-order valence-electron chi connectivity index (χ2n) is 4.31. The Kier molecular flexibility index (Phi) is 7.98. The molecule has 0 radical (unpaired) electrons. The van der Waals surface area contributed by atoms with Crippen molar-refractivity contribution in [1.29, 1.82) is 0 Å². The number of methoxy groups -OCH3 is 1. The van der Waals surface area contributed by atoms with Gasteiger partial charge in [-0.2, -0.15) is 8.42 Å². The molecule has 2 N–H and O–H groups in total. The first-order valence-corrected chi connectivity index (χ1v) is 9.41. The molecule has 0 fully saturated rings. The molecule has 0 saturated heterocycles. The summed E-state index contributed by atoms with van der Waals surface area (Å²) in [5.74, 6) is 1.23. The van der Waals surface area contributed by atoms with E-state index in [4.69, 9.17) is 9.29 Å². The maximum absolute atomic E-state index is 10.5. The lowest BCUT2D eigenvalue weighted by Crippen LogP contribution is -2.19. The zero-order chi connectivity index (χ0) is 14.8. The molecule has 1 rings (SSSR count). The fourth-order valence-corrected chi connectivity index (χ4v) is 3.07. The van der Waals surface area contributed by atoms with Crippen molar-refractivity contribution >= 4 is 19.9 Å². The molecule has 0 saturated carbocycles. The Morgan fingerprint density at radius 2 is 2.10 bits per heavy atom. The van der Waals surface area contributed by atoms with Crippen molar-refractivity contribution in [3.63, 3.8) is 0 Å². The third-order valence-corrected chi connectivity index (χ3v) is 4.78. The van der Waals surface area contributed by atoms with E-state index in [0.29, 0.717) is 23.1 Å². The predicted octanol–water partition coefficient (Wildman–Crippen LogP) is 2.14. The Labute approximate surface area is 124 Å². The van der Waals surface area contributed by atoms with Gasteiger partial charge >= 0.3 is 9.15 Å². The molecule has 5 nitrogen and oxygen atoms in total. The number of nitrogens with one attached hydrogen (secondary N) is 1. The molecule has 0 spiro atoms. The summed E-state index contributed by atoms with van der Waals surface area (Å²) in [6, 6.07) is 8.03. The van der Waals surface area contributed by atoms with E-state index in [9.17, 15) is 8.42 Å². The molecule has 20 heavy (non-hydrogen) atoms. The summed E-state index contributed by atoms with van der Waals surface area (Å²) >= 11 is 0. The Morgan fingerprint density at radius 1 is 1.30 bits per heavy atom. The van der Waals surface area contributed by atoms with Gasteiger partial charge in [0.1, 0.15) is 5.75 Å². The number of aryl methyl sites for hydroxylation is 1. The normalized spacial score (nSPS) is 11.5. The molecule has 0 aromatic heterocycles. The third-order valence-electron chi connectivity index (χ3n) is 2.71. The van der Waals surface area contributed by atoms with Gasteiger partial charge in [-0.25, -0.2) is 0 Å². The van der Waals surface area contributed by atoms with E-state index in [-0.39, 0.29) is 0 Å². The van der Waals surface area contributed by atoms with Gasteiger partial charge in [-0.1, -0.05) is 12.1 Å². The molecule has 7 heteroatoms. The van der Waals surface area contributed by atoms with Crippen LogP contribution in [-0.4, -0.2) is 38.9 Å². The highest BCUT2D eigenvalue weighted by Gasteiger charge is 2.03. The van der Waals surface area contributed by atoms with E-state index in [2.05, 4.69) is 11.4 Å². The lowest BCUT2D eigenvalue weighted by atomic mass is 10.1. The van der Waals surface area contributed by atoms with Gasteiger partial charge in [-0.15, -0.1) is 0 Å². The average molecular weight is 319 g/mol. The summed E-state index contributed by atoms with van der Waals surface area (Å²) in [4.78, 5) is 0. The fraction of sp³-hybridized carbons (Fsp3) is 0.538. The van der Waals surface area contributed by atoms with Gasteiger partial charge < -0.3 is 10.1 Å².